The molecule has 0 aromatic heterocycles. The lowest BCUT2D eigenvalue weighted by atomic mass is 9.95. The van der Waals surface area contributed by atoms with Crippen molar-refractivity contribution in [1.29, 1.82) is 0 Å². The van der Waals surface area contributed by atoms with Crippen LogP contribution >= 0.6 is 0 Å². The van der Waals surface area contributed by atoms with E-state index in [2.05, 4.69) is 6.92 Å². The summed E-state index contributed by atoms with van der Waals surface area (Å²) in [6, 6.07) is 6.01. The van der Waals surface area contributed by atoms with E-state index in [0.29, 0.717) is 6.42 Å². The molecule has 0 bridgehead atoms. The Morgan fingerprint density at radius 1 is 1.60 bits per heavy atom. The molecule has 15 heavy (non-hydrogen) atoms. The third kappa shape index (κ3) is 1.96. The van der Waals surface area contributed by atoms with Gasteiger partial charge in [-0.1, -0.05) is 19.1 Å². The molecule has 3 heteroatoms. The van der Waals surface area contributed by atoms with Crippen LogP contribution in [-0.4, -0.2) is 17.7 Å². The predicted molar refractivity (Wildman–Crippen MR) is 56.1 cm³/mol. The van der Waals surface area contributed by atoms with Crippen LogP contribution in [0.3, 0.4) is 0 Å². The maximum atomic E-state index is 10.8. The lowest BCUT2D eigenvalue weighted by Crippen LogP contribution is -2.27. The molecule has 1 unspecified atom stereocenters. The van der Waals surface area contributed by atoms with Crippen LogP contribution in [0, 0.1) is 5.92 Å². The van der Waals surface area contributed by atoms with Crippen molar-refractivity contribution in [3.8, 4) is 5.75 Å². The Kier molecular flexibility index (Phi) is 2.62. The summed E-state index contributed by atoms with van der Waals surface area (Å²) in [6.45, 7) is 2.37. The highest BCUT2D eigenvalue weighted by Crippen LogP contribution is 2.28. The number of benzene rings is 1. The molecule has 0 saturated carbocycles. The van der Waals surface area contributed by atoms with Gasteiger partial charge in [0.05, 0.1) is 5.92 Å². The summed E-state index contributed by atoms with van der Waals surface area (Å²) < 4.78 is 5.42. The van der Waals surface area contributed by atoms with E-state index in [4.69, 9.17) is 9.84 Å². The second-order valence-corrected chi connectivity index (χ2v) is 3.85. The minimum Gasteiger partial charge on any atom is -0.492 e. The van der Waals surface area contributed by atoms with Gasteiger partial charge in [0.25, 0.3) is 0 Å². The third-order valence-electron chi connectivity index (χ3n) is 2.79. The van der Waals surface area contributed by atoms with E-state index in [1.54, 1.807) is 0 Å². The zero-order valence-electron chi connectivity index (χ0n) is 8.69. The van der Waals surface area contributed by atoms with Crippen molar-refractivity contribution >= 4 is 5.97 Å². The Balaban J connectivity index is 2.27. The Bertz CT molecular complexity index is 384. The number of carboxylic acid groups (broad SMARTS) is 1. The Morgan fingerprint density at radius 2 is 2.40 bits per heavy atom. The number of carbonyl (C=O) groups is 1. The van der Waals surface area contributed by atoms with Crippen LogP contribution in [0.4, 0.5) is 0 Å². The monoisotopic (exact) mass is 206 g/mol. The molecule has 1 N–H and O–H groups in total. The number of fused-ring (bicyclic) bond motifs is 1. The Hall–Kier alpha value is -1.51. The molecule has 0 radical (unpaired) electrons. The number of hydrogen-bond donors (Lipinski definition) is 1. The summed E-state index contributed by atoms with van der Waals surface area (Å²) in [5, 5.41) is 8.91. The van der Waals surface area contributed by atoms with Gasteiger partial charge in [-0.25, -0.2) is 0 Å². The molecule has 1 atom stereocenters. The lowest BCUT2D eigenvalue weighted by Gasteiger charge is -2.22. The van der Waals surface area contributed by atoms with Gasteiger partial charge in [0.15, 0.2) is 0 Å². The van der Waals surface area contributed by atoms with Crippen molar-refractivity contribution in [2.24, 2.45) is 5.92 Å². The molecule has 2 rings (SSSR count). The number of ether oxygens (including phenoxy) is 1. The van der Waals surface area contributed by atoms with E-state index in [1.807, 2.05) is 18.2 Å². The smallest absolute Gasteiger partial charge is 0.310 e. The van der Waals surface area contributed by atoms with Gasteiger partial charge in [-0.15, -0.1) is 0 Å². The van der Waals surface area contributed by atoms with Crippen LogP contribution in [-0.2, 0) is 17.6 Å². The van der Waals surface area contributed by atoms with Gasteiger partial charge in [0, 0.05) is 0 Å². The highest BCUT2D eigenvalue weighted by atomic mass is 16.5. The zero-order chi connectivity index (χ0) is 10.8. The summed E-state index contributed by atoms with van der Waals surface area (Å²) in [7, 11) is 0. The highest BCUT2D eigenvalue weighted by Gasteiger charge is 2.25. The van der Waals surface area contributed by atoms with Crippen molar-refractivity contribution < 1.29 is 14.6 Å². The first-order valence-corrected chi connectivity index (χ1v) is 5.18. The van der Waals surface area contributed by atoms with Gasteiger partial charge in [0.1, 0.15) is 12.4 Å². The summed E-state index contributed by atoms with van der Waals surface area (Å²) in [6.07, 6.45) is 1.55. The van der Waals surface area contributed by atoms with E-state index < -0.39 is 11.9 Å². The number of carboxylic acids is 1. The van der Waals surface area contributed by atoms with E-state index in [-0.39, 0.29) is 6.61 Å². The van der Waals surface area contributed by atoms with Gasteiger partial charge < -0.3 is 9.84 Å². The molecule has 0 saturated heterocycles. The molecule has 1 aliphatic heterocycles. The second-order valence-electron chi connectivity index (χ2n) is 3.85. The molecule has 1 heterocycles. The van der Waals surface area contributed by atoms with Crippen molar-refractivity contribution in [2.75, 3.05) is 6.61 Å². The predicted octanol–water partition coefficient (Wildman–Crippen LogP) is 1.88. The first kappa shape index (κ1) is 10.0. The van der Waals surface area contributed by atoms with E-state index >= 15 is 0 Å². The van der Waals surface area contributed by atoms with Crippen molar-refractivity contribution in [1.82, 2.24) is 0 Å². The van der Waals surface area contributed by atoms with Gasteiger partial charge in [-0.3, -0.25) is 4.79 Å². The first-order chi connectivity index (χ1) is 7.20. The third-order valence-corrected chi connectivity index (χ3v) is 2.79. The number of aliphatic carboxylic acids is 1. The maximum Gasteiger partial charge on any atom is 0.310 e. The van der Waals surface area contributed by atoms with E-state index in [1.165, 1.54) is 5.56 Å². The van der Waals surface area contributed by atoms with Crippen LogP contribution in [0.1, 0.15) is 18.1 Å². The number of rotatable bonds is 2. The normalized spacial score (nSPS) is 19.1. The summed E-state index contributed by atoms with van der Waals surface area (Å²) in [5.41, 5.74) is 2.25. The molecule has 0 amide bonds. The molecule has 80 valence electrons. The summed E-state index contributed by atoms with van der Waals surface area (Å²) in [4.78, 5) is 10.8. The molecule has 1 aromatic carbocycles. The zero-order valence-corrected chi connectivity index (χ0v) is 8.69. The van der Waals surface area contributed by atoms with Gasteiger partial charge >= 0.3 is 5.97 Å². The van der Waals surface area contributed by atoms with Crippen LogP contribution in [0.5, 0.6) is 5.75 Å². The van der Waals surface area contributed by atoms with E-state index in [0.717, 1.165) is 17.7 Å². The van der Waals surface area contributed by atoms with Gasteiger partial charge in [-0.2, -0.15) is 0 Å². The standard InChI is InChI=1S/C12H14O3/c1-2-8-3-4-11-9(5-8)6-10(7-15-11)12(13)14/h3-5,10H,2,6-7H2,1H3,(H,13,14). The topological polar surface area (TPSA) is 46.5 Å². The molecule has 1 aromatic rings. The number of aryl methyl sites for hydroxylation is 1. The quantitative estimate of drug-likeness (QED) is 0.803. The average molecular weight is 206 g/mol. The molecule has 0 aliphatic carbocycles. The fraction of sp³-hybridized carbons (Fsp3) is 0.417. The van der Waals surface area contributed by atoms with Crippen LogP contribution in [0.2, 0.25) is 0 Å². The number of hydrogen-bond acceptors (Lipinski definition) is 2. The average Bonchev–Trinajstić information content (AvgIpc) is 2.27. The molecule has 0 fully saturated rings. The molecule has 0 spiro atoms. The summed E-state index contributed by atoms with van der Waals surface area (Å²) >= 11 is 0. The van der Waals surface area contributed by atoms with Crippen molar-refractivity contribution in [3.05, 3.63) is 29.3 Å². The minimum atomic E-state index is -0.775. The van der Waals surface area contributed by atoms with Crippen LogP contribution in [0.25, 0.3) is 0 Å². The SMILES string of the molecule is CCc1ccc2c(c1)CC(C(=O)O)CO2. The molecular weight excluding hydrogens is 192 g/mol. The van der Waals surface area contributed by atoms with Crippen LogP contribution < -0.4 is 4.74 Å². The van der Waals surface area contributed by atoms with Gasteiger partial charge in [0.2, 0.25) is 0 Å². The van der Waals surface area contributed by atoms with Crippen LogP contribution in [0.15, 0.2) is 18.2 Å². The van der Waals surface area contributed by atoms with Gasteiger partial charge in [-0.05, 0) is 30.0 Å². The van der Waals surface area contributed by atoms with Crippen molar-refractivity contribution in [2.45, 2.75) is 19.8 Å². The molecule has 1 aliphatic rings. The Labute approximate surface area is 88.7 Å². The molecule has 3 nitrogen and oxygen atoms in total. The van der Waals surface area contributed by atoms with E-state index in [9.17, 15) is 4.79 Å². The first-order valence-electron chi connectivity index (χ1n) is 5.18. The molecular formula is C12H14O3. The Morgan fingerprint density at radius 3 is 3.07 bits per heavy atom. The fourth-order valence-electron chi connectivity index (χ4n) is 1.83. The lowest BCUT2D eigenvalue weighted by molar-refractivity contribution is -0.143. The highest BCUT2D eigenvalue weighted by molar-refractivity contribution is 5.71. The second kappa shape index (κ2) is 3.93. The fourth-order valence-corrected chi connectivity index (χ4v) is 1.83. The largest absolute Gasteiger partial charge is 0.492 e. The van der Waals surface area contributed by atoms with Crippen molar-refractivity contribution in [3.63, 3.8) is 0 Å². The maximum absolute atomic E-state index is 10.8. The summed E-state index contributed by atoms with van der Waals surface area (Å²) in [5.74, 6) is -0.336. The minimum absolute atomic E-state index is 0.286.